The Hall–Kier alpha value is -3.11. The summed E-state index contributed by atoms with van der Waals surface area (Å²) in [5.74, 6) is 0.688. The van der Waals surface area contributed by atoms with E-state index in [9.17, 15) is 18.2 Å². The van der Waals surface area contributed by atoms with Crippen molar-refractivity contribution in [1.29, 1.82) is 0 Å². The number of anilines is 3. The Morgan fingerprint density at radius 1 is 1.10 bits per heavy atom. The van der Waals surface area contributed by atoms with Crippen LogP contribution in [0.4, 0.5) is 30.6 Å². The Bertz CT molecular complexity index is 1030. The topological polar surface area (TPSA) is 79.3 Å². The van der Waals surface area contributed by atoms with Crippen molar-refractivity contribution in [3.05, 3.63) is 71.4 Å². The molecule has 4 rings (SSSR count). The summed E-state index contributed by atoms with van der Waals surface area (Å²) in [6.07, 6.45) is -4.04. The van der Waals surface area contributed by atoms with Crippen LogP contribution in [0.2, 0.25) is 0 Å². The molecule has 0 saturated carbocycles. The highest BCUT2D eigenvalue weighted by Crippen LogP contribution is 2.33. The molecule has 0 bridgehead atoms. The first-order valence-electron chi connectivity index (χ1n) is 8.78. The fraction of sp³-hybridized carbons (Fsp3) is 0.158. The molecule has 1 unspecified atom stereocenters. The second-order valence-electron chi connectivity index (χ2n) is 6.54. The summed E-state index contributed by atoms with van der Waals surface area (Å²) in [5, 5.41) is 16.1. The van der Waals surface area contributed by atoms with Gasteiger partial charge in [-0.15, -0.1) is 0 Å². The maximum atomic E-state index is 13.3. The van der Waals surface area contributed by atoms with Crippen molar-refractivity contribution in [3.63, 3.8) is 0 Å². The van der Waals surface area contributed by atoms with Crippen molar-refractivity contribution in [2.45, 2.75) is 19.3 Å². The molecular formula is C19H16BF3N4O2. The molecule has 3 N–H and O–H groups in total. The Morgan fingerprint density at radius 2 is 1.86 bits per heavy atom. The first kappa shape index (κ1) is 19.2. The van der Waals surface area contributed by atoms with Gasteiger partial charge in [0.15, 0.2) is 0 Å². The first-order chi connectivity index (χ1) is 13.8. The van der Waals surface area contributed by atoms with Crippen molar-refractivity contribution in [3.8, 4) is 0 Å². The molecule has 0 aliphatic carbocycles. The van der Waals surface area contributed by atoms with E-state index in [2.05, 4.69) is 20.6 Å². The second-order valence-corrected chi connectivity index (χ2v) is 6.54. The van der Waals surface area contributed by atoms with Gasteiger partial charge in [-0.1, -0.05) is 36.4 Å². The molecule has 6 nitrogen and oxygen atoms in total. The zero-order valence-corrected chi connectivity index (χ0v) is 15.2. The van der Waals surface area contributed by atoms with Crippen LogP contribution in [-0.4, -0.2) is 22.1 Å². The molecule has 1 aliphatic heterocycles. The van der Waals surface area contributed by atoms with Crippen molar-refractivity contribution in [2.75, 3.05) is 10.6 Å². The van der Waals surface area contributed by atoms with E-state index in [1.807, 2.05) is 37.3 Å². The van der Waals surface area contributed by atoms with Gasteiger partial charge in [0, 0.05) is 28.5 Å². The SMILES string of the molecule is Cc1cnc(NC2OB(O)c3c2cccc3C(F)(F)F)nc1Nc1ccccc1. The molecule has 10 heteroatoms. The minimum Gasteiger partial charge on any atom is -0.423 e. The highest BCUT2D eigenvalue weighted by Gasteiger charge is 2.44. The average Bonchev–Trinajstić information content (AvgIpc) is 3.00. The summed E-state index contributed by atoms with van der Waals surface area (Å²) in [7, 11) is -1.70. The lowest BCUT2D eigenvalue weighted by Crippen LogP contribution is -2.34. The van der Waals surface area contributed by atoms with Gasteiger partial charge in [0.05, 0.1) is 5.56 Å². The minimum absolute atomic E-state index is 0.150. The van der Waals surface area contributed by atoms with Crippen LogP contribution in [0, 0.1) is 6.92 Å². The van der Waals surface area contributed by atoms with Gasteiger partial charge in [-0.05, 0) is 19.1 Å². The van der Waals surface area contributed by atoms with E-state index in [0.29, 0.717) is 5.82 Å². The number of fused-ring (bicyclic) bond motifs is 1. The van der Waals surface area contributed by atoms with Gasteiger partial charge in [-0.2, -0.15) is 18.2 Å². The van der Waals surface area contributed by atoms with E-state index < -0.39 is 25.1 Å². The van der Waals surface area contributed by atoms with E-state index in [4.69, 9.17) is 4.65 Å². The van der Waals surface area contributed by atoms with Crippen LogP contribution < -0.4 is 16.1 Å². The van der Waals surface area contributed by atoms with Gasteiger partial charge in [0.1, 0.15) is 12.0 Å². The van der Waals surface area contributed by atoms with E-state index in [1.165, 1.54) is 12.1 Å². The number of nitrogens with zero attached hydrogens (tertiary/aromatic N) is 2. The third-order valence-corrected chi connectivity index (χ3v) is 4.51. The number of rotatable bonds is 4. The Labute approximate surface area is 164 Å². The second kappa shape index (κ2) is 7.38. The van der Waals surface area contributed by atoms with Crippen molar-refractivity contribution < 1.29 is 22.8 Å². The van der Waals surface area contributed by atoms with Crippen molar-refractivity contribution in [2.24, 2.45) is 0 Å². The summed E-state index contributed by atoms with van der Waals surface area (Å²) in [4.78, 5) is 8.55. The van der Waals surface area contributed by atoms with Crippen molar-refractivity contribution >= 4 is 30.0 Å². The van der Waals surface area contributed by atoms with Crippen LogP contribution in [-0.2, 0) is 10.8 Å². The molecule has 2 heterocycles. The van der Waals surface area contributed by atoms with Crippen LogP contribution >= 0.6 is 0 Å². The largest absolute Gasteiger partial charge is 0.493 e. The molecule has 0 fully saturated rings. The fourth-order valence-electron chi connectivity index (χ4n) is 3.13. The van der Waals surface area contributed by atoms with E-state index >= 15 is 0 Å². The number of hydrogen-bond acceptors (Lipinski definition) is 6. The summed E-state index contributed by atoms with van der Waals surface area (Å²) in [6.45, 7) is 1.83. The molecule has 29 heavy (non-hydrogen) atoms. The Morgan fingerprint density at radius 3 is 2.59 bits per heavy atom. The number of alkyl halides is 3. The van der Waals surface area contributed by atoms with Crippen LogP contribution in [0.1, 0.15) is 22.9 Å². The maximum absolute atomic E-state index is 13.3. The molecule has 3 aromatic rings. The number of halogens is 3. The fourth-order valence-corrected chi connectivity index (χ4v) is 3.13. The molecule has 1 atom stereocenters. The van der Waals surface area contributed by atoms with Crippen LogP contribution in [0.5, 0.6) is 0 Å². The molecule has 0 radical (unpaired) electrons. The number of para-hydroxylation sites is 1. The third kappa shape index (κ3) is 3.89. The molecule has 1 aliphatic rings. The van der Waals surface area contributed by atoms with E-state index in [1.54, 1.807) is 6.20 Å². The highest BCUT2D eigenvalue weighted by atomic mass is 19.4. The normalized spacial score (nSPS) is 15.9. The molecule has 0 amide bonds. The lowest BCUT2D eigenvalue weighted by Gasteiger charge is -2.16. The van der Waals surface area contributed by atoms with Crippen molar-refractivity contribution in [1.82, 2.24) is 9.97 Å². The molecule has 0 spiro atoms. The Balaban J connectivity index is 1.61. The summed E-state index contributed by atoms with van der Waals surface area (Å²) >= 11 is 0. The number of benzene rings is 2. The van der Waals surface area contributed by atoms with Crippen LogP contribution in [0.3, 0.4) is 0 Å². The predicted molar refractivity (Wildman–Crippen MR) is 103 cm³/mol. The van der Waals surface area contributed by atoms with Gasteiger partial charge in [-0.3, -0.25) is 0 Å². The minimum atomic E-state index is -4.60. The monoisotopic (exact) mass is 400 g/mol. The van der Waals surface area contributed by atoms with Gasteiger partial charge in [0.2, 0.25) is 5.95 Å². The molecular weight excluding hydrogens is 384 g/mol. The molecule has 148 valence electrons. The van der Waals surface area contributed by atoms with Gasteiger partial charge < -0.3 is 20.3 Å². The highest BCUT2D eigenvalue weighted by molar-refractivity contribution is 6.62. The van der Waals surface area contributed by atoms with Gasteiger partial charge in [-0.25, -0.2) is 4.98 Å². The number of hydrogen-bond donors (Lipinski definition) is 3. The Kier molecular flexibility index (Phi) is 4.89. The summed E-state index contributed by atoms with van der Waals surface area (Å²) in [6, 6.07) is 13.0. The zero-order chi connectivity index (χ0) is 20.6. The zero-order valence-electron chi connectivity index (χ0n) is 15.2. The maximum Gasteiger partial charge on any atom is 0.493 e. The first-order valence-corrected chi connectivity index (χ1v) is 8.78. The van der Waals surface area contributed by atoms with Crippen LogP contribution in [0.15, 0.2) is 54.7 Å². The quantitative estimate of drug-likeness (QED) is 0.583. The number of aromatic nitrogens is 2. The van der Waals surface area contributed by atoms with Gasteiger partial charge >= 0.3 is 13.3 Å². The smallest absolute Gasteiger partial charge is 0.423 e. The van der Waals surface area contributed by atoms with Gasteiger partial charge in [0.25, 0.3) is 0 Å². The average molecular weight is 400 g/mol. The number of nitrogens with one attached hydrogen (secondary N) is 2. The lowest BCUT2D eigenvalue weighted by atomic mass is 9.76. The standard InChI is InChI=1S/C19H16BF3N4O2/c1-11-10-24-18(26-16(11)25-12-6-3-2-4-7-12)27-17-13-8-5-9-14(19(21,22)23)15(13)20(28)29-17/h2-10,17,28H,1H3,(H2,24,25,26,27). The number of aryl methyl sites for hydroxylation is 1. The molecule has 0 saturated heterocycles. The summed E-state index contributed by atoms with van der Waals surface area (Å²) in [5.41, 5.74) is 0.573. The van der Waals surface area contributed by atoms with Crippen LogP contribution in [0.25, 0.3) is 0 Å². The third-order valence-electron chi connectivity index (χ3n) is 4.51. The lowest BCUT2D eigenvalue weighted by molar-refractivity contribution is -0.136. The molecule has 1 aromatic heterocycles. The summed E-state index contributed by atoms with van der Waals surface area (Å²) < 4.78 is 45.1. The van der Waals surface area contributed by atoms with E-state index in [-0.39, 0.29) is 17.0 Å². The van der Waals surface area contributed by atoms with E-state index in [0.717, 1.165) is 17.3 Å². The predicted octanol–water partition coefficient (Wildman–Crippen LogP) is 3.38. The molecule has 2 aromatic carbocycles.